The normalized spacial score (nSPS) is 11.8. The van der Waals surface area contributed by atoms with Crippen LogP contribution >= 0.6 is 11.6 Å². The summed E-state index contributed by atoms with van der Waals surface area (Å²) >= 11 is 5.51. The Hall–Kier alpha value is -1.63. The van der Waals surface area contributed by atoms with Crippen LogP contribution in [0.25, 0.3) is 5.69 Å². The highest BCUT2D eigenvalue weighted by Gasteiger charge is 2.38. The van der Waals surface area contributed by atoms with Gasteiger partial charge in [-0.05, 0) is 24.3 Å². The van der Waals surface area contributed by atoms with Crippen molar-refractivity contribution in [1.82, 2.24) is 14.8 Å². The highest BCUT2D eigenvalue weighted by Crippen LogP contribution is 2.30. The van der Waals surface area contributed by atoms with Crippen LogP contribution in [-0.4, -0.2) is 14.8 Å². The second-order valence-electron chi connectivity index (χ2n) is 3.38. The van der Waals surface area contributed by atoms with E-state index in [1.807, 2.05) is 0 Å². The lowest BCUT2D eigenvalue weighted by atomic mass is 10.3. The van der Waals surface area contributed by atoms with Crippen molar-refractivity contribution < 1.29 is 17.6 Å². The lowest BCUT2D eigenvalue weighted by molar-refractivity contribution is -0.146. The van der Waals surface area contributed by atoms with Crippen LogP contribution in [0.3, 0.4) is 0 Å². The van der Waals surface area contributed by atoms with Gasteiger partial charge in [0.05, 0.1) is 5.88 Å². The molecule has 0 N–H and O–H groups in total. The maximum atomic E-state index is 12.8. The molecule has 0 fully saturated rings. The average molecular weight is 280 g/mol. The van der Waals surface area contributed by atoms with Crippen molar-refractivity contribution in [3.8, 4) is 5.69 Å². The van der Waals surface area contributed by atoms with E-state index in [9.17, 15) is 17.6 Å². The van der Waals surface area contributed by atoms with Crippen LogP contribution in [0, 0.1) is 5.82 Å². The standard InChI is InChI=1S/C10H6ClF4N3/c11-5-8-16-17-9(10(13,14)15)18(8)7-3-1-6(12)2-4-7/h1-4H,5H2. The maximum Gasteiger partial charge on any atom is 0.452 e. The second kappa shape index (κ2) is 4.56. The van der Waals surface area contributed by atoms with Crippen molar-refractivity contribution >= 4 is 11.6 Å². The quantitative estimate of drug-likeness (QED) is 0.624. The molecule has 1 aromatic heterocycles. The summed E-state index contributed by atoms with van der Waals surface area (Å²) in [7, 11) is 0. The fourth-order valence-electron chi connectivity index (χ4n) is 1.45. The van der Waals surface area contributed by atoms with Gasteiger partial charge in [-0.1, -0.05) is 0 Å². The summed E-state index contributed by atoms with van der Waals surface area (Å²) in [6, 6.07) is 4.50. The topological polar surface area (TPSA) is 30.7 Å². The molecule has 0 aliphatic heterocycles. The van der Waals surface area contributed by atoms with E-state index in [0.29, 0.717) is 0 Å². The third-order valence-electron chi connectivity index (χ3n) is 2.19. The Morgan fingerprint density at radius 3 is 2.22 bits per heavy atom. The molecule has 96 valence electrons. The molecular weight excluding hydrogens is 274 g/mol. The van der Waals surface area contributed by atoms with Crippen molar-refractivity contribution in [3.05, 3.63) is 41.7 Å². The summed E-state index contributed by atoms with van der Waals surface area (Å²) in [5, 5.41) is 6.43. The number of benzene rings is 1. The fraction of sp³-hybridized carbons (Fsp3) is 0.200. The first-order chi connectivity index (χ1) is 8.43. The van der Waals surface area contributed by atoms with Gasteiger partial charge in [0, 0.05) is 5.69 Å². The molecule has 0 bridgehead atoms. The van der Waals surface area contributed by atoms with E-state index in [1.54, 1.807) is 0 Å². The number of aromatic nitrogens is 3. The fourth-order valence-corrected chi connectivity index (χ4v) is 1.62. The van der Waals surface area contributed by atoms with Crippen LogP contribution in [0.15, 0.2) is 24.3 Å². The molecule has 0 unspecified atom stereocenters. The van der Waals surface area contributed by atoms with Gasteiger partial charge in [-0.15, -0.1) is 21.8 Å². The van der Waals surface area contributed by atoms with E-state index in [2.05, 4.69) is 10.2 Å². The Morgan fingerprint density at radius 1 is 1.11 bits per heavy atom. The van der Waals surface area contributed by atoms with Gasteiger partial charge >= 0.3 is 6.18 Å². The molecule has 1 aromatic carbocycles. The Balaban J connectivity index is 2.61. The van der Waals surface area contributed by atoms with E-state index in [0.717, 1.165) is 16.7 Å². The summed E-state index contributed by atoms with van der Waals surface area (Å²) in [6.45, 7) is 0. The number of halogens is 5. The molecule has 0 spiro atoms. The third-order valence-corrected chi connectivity index (χ3v) is 2.43. The lowest BCUT2D eigenvalue weighted by Crippen LogP contribution is -2.15. The van der Waals surface area contributed by atoms with Gasteiger partial charge in [0.25, 0.3) is 0 Å². The molecule has 0 saturated heterocycles. The van der Waals surface area contributed by atoms with Gasteiger partial charge in [0.1, 0.15) is 5.82 Å². The number of rotatable bonds is 2. The largest absolute Gasteiger partial charge is 0.452 e. The first-order valence-corrected chi connectivity index (χ1v) is 5.30. The number of hydrogen-bond donors (Lipinski definition) is 0. The highest BCUT2D eigenvalue weighted by molar-refractivity contribution is 6.16. The molecule has 0 aliphatic carbocycles. The van der Waals surface area contributed by atoms with Gasteiger partial charge in [-0.3, -0.25) is 4.57 Å². The molecule has 1 heterocycles. The van der Waals surface area contributed by atoms with Gasteiger partial charge in [-0.25, -0.2) is 4.39 Å². The molecule has 3 nitrogen and oxygen atoms in total. The predicted molar refractivity (Wildman–Crippen MR) is 55.9 cm³/mol. The number of hydrogen-bond acceptors (Lipinski definition) is 2. The van der Waals surface area contributed by atoms with E-state index in [4.69, 9.17) is 11.6 Å². The monoisotopic (exact) mass is 279 g/mol. The van der Waals surface area contributed by atoms with Gasteiger partial charge in [-0.2, -0.15) is 13.2 Å². The zero-order valence-electron chi connectivity index (χ0n) is 8.75. The molecule has 0 amide bonds. The lowest BCUT2D eigenvalue weighted by Gasteiger charge is -2.11. The van der Waals surface area contributed by atoms with Crippen molar-refractivity contribution in [3.63, 3.8) is 0 Å². The predicted octanol–water partition coefficient (Wildman–Crippen LogP) is 3.16. The summed E-state index contributed by atoms with van der Waals surface area (Å²) in [6.07, 6.45) is -4.66. The molecule has 8 heteroatoms. The minimum absolute atomic E-state index is 0.0596. The van der Waals surface area contributed by atoms with Crippen molar-refractivity contribution in [2.45, 2.75) is 12.1 Å². The Bertz CT molecular complexity index is 547. The van der Waals surface area contributed by atoms with Gasteiger partial charge in [0.15, 0.2) is 5.82 Å². The van der Waals surface area contributed by atoms with Crippen molar-refractivity contribution in [1.29, 1.82) is 0 Å². The number of alkyl halides is 4. The SMILES string of the molecule is Fc1ccc(-n2c(CCl)nnc2C(F)(F)F)cc1. The minimum atomic E-state index is -4.66. The molecule has 2 rings (SSSR count). The van der Waals surface area contributed by atoms with Crippen LogP contribution < -0.4 is 0 Å². The van der Waals surface area contributed by atoms with Crippen molar-refractivity contribution in [2.24, 2.45) is 0 Å². The summed E-state index contributed by atoms with van der Waals surface area (Å²) in [5.41, 5.74) is 0.101. The minimum Gasteiger partial charge on any atom is -0.274 e. The van der Waals surface area contributed by atoms with Crippen LogP contribution in [0.1, 0.15) is 11.6 Å². The van der Waals surface area contributed by atoms with E-state index >= 15 is 0 Å². The van der Waals surface area contributed by atoms with Crippen LogP contribution in [0.5, 0.6) is 0 Å². The molecule has 0 radical (unpaired) electrons. The summed E-state index contributed by atoms with van der Waals surface area (Å²) < 4.78 is 51.7. The Kier molecular flexibility index (Phi) is 3.25. The molecule has 0 aliphatic rings. The molecule has 2 aromatic rings. The molecule has 0 atom stereocenters. The smallest absolute Gasteiger partial charge is 0.274 e. The molecular formula is C10H6ClF4N3. The van der Waals surface area contributed by atoms with Crippen molar-refractivity contribution in [2.75, 3.05) is 0 Å². The highest BCUT2D eigenvalue weighted by atomic mass is 35.5. The second-order valence-corrected chi connectivity index (χ2v) is 3.65. The van der Waals surface area contributed by atoms with E-state index in [1.165, 1.54) is 12.1 Å². The molecule has 0 saturated carbocycles. The third kappa shape index (κ3) is 2.31. The van der Waals surface area contributed by atoms with Crippen LogP contribution in [0.2, 0.25) is 0 Å². The van der Waals surface area contributed by atoms with Crippen LogP contribution in [-0.2, 0) is 12.1 Å². The van der Waals surface area contributed by atoms with Gasteiger partial charge < -0.3 is 0 Å². The van der Waals surface area contributed by atoms with E-state index < -0.39 is 17.8 Å². The average Bonchev–Trinajstić information content (AvgIpc) is 2.73. The van der Waals surface area contributed by atoms with Crippen LogP contribution in [0.4, 0.5) is 17.6 Å². The first-order valence-electron chi connectivity index (χ1n) is 4.77. The van der Waals surface area contributed by atoms with Gasteiger partial charge in [0.2, 0.25) is 5.82 Å². The zero-order valence-corrected chi connectivity index (χ0v) is 9.50. The summed E-state index contributed by atoms with van der Waals surface area (Å²) in [4.78, 5) is 0. The zero-order chi connectivity index (χ0) is 13.3. The maximum absolute atomic E-state index is 12.8. The molecule has 18 heavy (non-hydrogen) atoms. The summed E-state index contributed by atoms with van der Waals surface area (Å²) in [5.74, 6) is -2.03. The Labute approximate surface area is 104 Å². The number of nitrogens with zero attached hydrogens (tertiary/aromatic N) is 3. The Morgan fingerprint density at radius 2 is 1.72 bits per heavy atom. The first kappa shape index (κ1) is 12.8. The van der Waals surface area contributed by atoms with E-state index in [-0.39, 0.29) is 17.4 Å².